The highest BCUT2D eigenvalue weighted by Gasteiger charge is 2.11. The fourth-order valence-corrected chi connectivity index (χ4v) is 2.01. The summed E-state index contributed by atoms with van der Waals surface area (Å²) in [7, 11) is 0. The minimum atomic E-state index is -0.616. The Kier molecular flexibility index (Phi) is 3.40. The summed E-state index contributed by atoms with van der Waals surface area (Å²) < 4.78 is 1.39. The fraction of sp³-hybridized carbons (Fsp3) is 0.545. The van der Waals surface area contributed by atoms with Crippen LogP contribution in [-0.4, -0.2) is 34.1 Å². The first-order valence-corrected chi connectivity index (χ1v) is 5.67. The monoisotopic (exact) mass is 234 g/mol. The predicted molar refractivity (Wildman–Crippen MR) is 61.7 cm³/mol. The Balaban J connectivity index is 2.12. The van der Waals surface area contributed by atoms with Gasteiger partial charge < -0.3 is 4.90 Å². The molecule has 1 fully saturated rings. The van der Waals surface area contributed by atoms with E-state index >= 15 is 0 Å². The smallest absolute Gasteiger partial charge is 0.302 e. The second-order valence-corrected chi connectivity index (χ2v) is 4.16. The van der Waals surface area contributed by atoms with E-state index in [1.807, 2.05) is 0 Å². The van der Waals surface area contributed by atoms with Gasteiger partial charge >= 0.3 is 5.69 Å². The third-order valence-corrected chi connectivity index (χ3v) is 2.99. The summed E-state index contributed by atoms with van der Waals surface area (Å²) in [5.41, 5.74) is -1.09. The molecule has 2 rings (SSSR count). The number of nitrogens with zero attached hydrogens (tertiary/aromatic N) is 3. The lowest BCUT2D eigenvalue weighted by molar-refractivity contribution is 0.319. The van der Waals surface area contributed by atoms with Crippen LogP contribution in [0.25, 0.3) is 0 Å². The van der Waals surface area contributed by atoms with Gasteiger partial charge in [-0.15, -0.1) is 0 Å². The first-order chi connectivity index (χ1) is 8.20. The first-order valence-electron chi connectivity index (χ1n) is 5.67. The molecule has 6 heteroatoms. The molecule has 6 nitrogen and oxygen atoms in total. The summed E-state index contributed by atoms with van der Waals surface area (Å²) in [4.78, 5) is 27.1. The van der Waals surface area contributed by atoms with Gasteiger partial charge in [0.25, 0.3) is 5.56 Å². The number of nitrogens with one attached hydrogen (secondary N) is 1. The largest absolute Gasteiger partial charge is 0.328 e. The molecule has 0 aromatic carbocycles. The van der Waals surface area contributed by atoms with Crippen molar-refractivity contribution in [3.63, 3.8) is 0 Å². The molecule has 2 heterocycles. The number of hydrogen-bond acceptors (Lipinski definition) is 4. The van der Waals surface area contributed by atoms with Crippen LogP contribution in [0.15, 0.2) is 15.8 Å². The molecule has 0 spiro atoms. The van der Waals surface area contributed by atoms with Crippen molar-refractivity contribution in [1.29, 1.82) is 5.26 Å². The van der Waals surface area contributed by atoms with E-state index in [9.17, 15) is 9.59 Å². The number of rotatable bonds is 3. The maximum atomic E-state index is 11.5. The van der Waals surface area contributed by atoms with Crippen LogP contribution in [0.4, 0.5) is 0 Å². The van der Waals surface area contributed by atoms with Gasteiger partial charge in [0, 0.05) is 19.3 Å². The Labute approximate surface area is 98.1 Å². The average molecular weight is 234 g/mol. The standard InChI is InChI=1S/C11H14N4O2/c12-7-9-8-15(11(17)13-10(9)16)6-5-14-3-1-2-4-14/h8H,1-6H2,(H,13,16,17). The Bertz CT molecular complexity index is 546. The van der Waals surface area contributed by atoms with Gasteiger partial charge in [-0.3, -0.25) is 14.3 Å². The van der Waals surface area contributed by atoms with E-state index in [4.69, 9.17) is 5.26 Å². The summed E-state index contributed by atoms with van der Waals surface area (Å²) in [6.07, 6.45) is 3.73. The van der Waals surface area contributed by atoms with Gasteiger partial charge in [-0.1, -0.05) is 0 Å². The summed E-state index contributed by atoms with van der Waals surface area (Å²) in [5.74, 6) is 0. The van der Waals surface area contributed by atoms with Crippen LogP contribution >= 0.6 is 0 Å². The first kappa shape index (κ1) is 11.6. The molecule has 0 atom stereocenters. The molecule has 90 valence electrons. The van der Waals surface area contributed by atoms with E-state index < -0.39 is 11.2 Å². The van der Waals surface area contributed by atoms with Crippen molar-refractivity contribution in [1.82, 2.24) is 14.5 Å². The zero-order chi connectivity index (χ0) is 12.3. The van der Waals surface area contributed by atoms with Gasteiger partial charge in [-0.2, -0.15) is 5.26 Å². The van der Waals surface area contributed by atoms with Crippen LogP contribution in [0.2, 0.25) is 0 Å². The van der Waals surface area contributed by atoms with E-state index in [2.05, 4.69) is 9.88 Å². The van der Waals surface area contributed by atoms with Gasteiger partial charge in [0.05, 0.1) is 0 Å². The van der Waals surface area contributed by atoms with Crippen LogP contribution in [0.1, 0.15) is 18.4 Å². The van der Waals surface area contributed by atoms with Crippen molar-refractivity contribution in [2.75, 3.05) is 19.6 Å². The highest BCUT2D eigenvalue weighted by Crippen LogP contribution is 2.06. The minimum Gasteiger partial charge on any atom is -0.302 e. The number of nitriles is 1. The normalized spacial score (nSPS) is 15.9. The Morgan fingerprint density at radius 1 is 1.29 bits per heavy atom. The summed E-state index contributed by atoms with van der Waals surface area (Å²) in [6, 6.07) is 1.77. The molecular formula is C11H14N4O2. The van der Waals surface area contributed by atoms with E-state index in [-0.39, 0.29) is 5.56 Å². The van der Waals surface area contributed by atoms with Crippen LogP contribution in [0.3, 0.4) is 0 Å². The summed E-state index contributed by atoms with van der Waals surface area (Å²) in [6.45, 7) is 3.40. The van der Waals surface area contributed by atoms with Crippen LogP contribution in [0, 0.1) is 11.3 Å². The fourth-order valence-electron chi connectivity index (χ4n) is 2.01. The molecular weight excluding hydrogens is 220 g/mol. The van der Waals surface area contributed by atoms with Crippen molar-refractivity contribution in [2.45, 2.75) is 19.4 Å². The number of H-pyrrole nitrogens is 1. The van der Waals surface area contributed by atoms with E-state index in [0.717, 1.165) is 19.6 Å². The van der Waals surface area contributed by atoms with Crippen molar-refractivity contribution in [3.05, 3.63) is 32.6 Å². The molecule has 1 aliphatic rings. The Morgan fingerprint density at radius 3 is 2.65 bits per heavy atom. The third-order valence-electron chi connectivity index (χ3n) is 2.99. The molecule has 1 saturated heterocycles. The minimum absolute atomic E-state index is 0.0222. The topological polar surface area (TPSA) is 81.9 Å². The van der Waals surface area contributed by atoms with Crippen molar-refractivity contribution in [3.8, 4) is 6.07 Å². The number of aromatic amines is 1. The molecule has 0 radical (unpaired) electrons. The molecule has 1 aromatic rings. The molecule has 0 amide bonds. The summed E-state index contributed by atoms with van der Waals surface area (Å²) in [5, 5.41) is 8.72. The van der Waals surface area contributed by atoms with E-state index in [0.29, 0.717) is 6.54 Å². The van der Waals surface area contributed by atoms with Gasteiger partial charge in [0.1, 0.15) is 11.6 Å². The quantitative estimate of drug-likeness (QED) is 0.764. The van der Waals surface area contributed by atoms with Gasteiger partial charge in [0.2, 0.25) is 0 Å². The lowest BCUT2D eigenvalue weighted by atomic mass is 10.3. The van der Waals surface area contributed by atoms with Crippen LogP contribution in [-0.2, 0) is 6.54 Å². The highest BCUT2D eigenvalue weighted by molar-refractivity contribution is 5.21. The number of likely N-dealkylation sites (tertiary alicyclic amines) is 1. The molecule has 1 aromatic heterocycles. The van der Waals surface area contributed by atoms with Gasteiger partial charge in [-0.25, -0.2) is 4.79 Å². The highest BCUT2D eigenvalue weighted by atomic mass is 16.2. The van der Waals surface area contributed by atoms with E-state index in [1.54, 1.807) is 6.07 Å². The maximum absolute atomic E-state index is 11.5. The van der Waals surface area contributed by atoms with Crippen molar-refractivity contribution >= 4 is 0 Å². The van der Waals surface area contributed by atoms with Crippen LogP contribution in [0.5, 0.6) is 0 Å². The zero-order valence-electron chi connectivity index (χ0n) is 9.48. The van der Waals surface area contributed by atoms with Gasteiger partial charge in [-0.05, 0) is 25.9 Å². The molecule has 1 N–H and O–H groups in total. The molecule has 0 aliphatic carbocycles. The van der Waals surface area contributed by atoms with Gasteiger partial charge in [0.15, 0.2) is 0 Å². The van der Waals surface area contributed by atoms with Crippen molar-refractivity contribution in [2.24, 2.45) is 0 Å². The third kappa shape index (κ3) is 2.63. The second-order valence-electron chi connectivity index (χ2n) is 4.16. The van der Waals surface area contributed by atoms with Crippen molar-refractivity contribution < 1.29 is 0 Å². The maximum Gasteiger partial charge on any atom is 0.328 e. The average Bonchev–Trinajstić information content (AvgIpc) is 2.81. The Hall–Kier alpha value is -1.87. The SMILES string of the molecule is N#Cc1cn(CCN2CCCC2)c(=O)[nH]c1=O. The lowest BCUT2D eigenvalue weighted by Gasteiger charge is -2.14. The predicted octanol–water partition coefficient (Wildman–Crippen LogP) is -0.496. The lowest BCUT2D eigenvalue weighted by Crippen LogP contribution is -2.34. The molecule has 0 bridgehead atoms. The second kappa shape index (κ2) is 4.97. The number of hydrogen-bond donors (Lipinski definition) is 1. The summed E-state index contributed by atoms with van der Waals surface area (Å²) >= 11 is 0. The zero-order valence-corrected chi connectivity index (χ0v) is 9.48. The molecule has 0 unspecified atom stereocenters. The van der Waals surface area contributed by atoms with Crippen LogP contribution < -0.4 is 11.2 Å². The number of aromatic nitrogens is 2. The van der Waals surface area contributed by atoms with E-state index in [1.165, 1.54) is 23.6 Å². The Morgan fingerprint density at radius 2 is 2.00 bits per heavy atom. The molecule has 1 aliphatic heterocycles. The molecule has 0 saturated carbocycles. The molecule has 17 heavy (non-hydrogen) atoms.